The van der Waals surface area contributed by atoms with Gasteiger partial charge in [0.1, 0.15) is 11.7 Å². The van der Waals surface area contributed by atoms with Gasteiger partial charge in [-0.1, -0.05) is 182 Å². The maximum atomic E-state index is 11.3. The van der Waals surface area contributed by atoms with E-state index >= 15 is 0 Å². The summed E-state index contributed by atoms with van der Waals surface area (Å²) in [6.07, 6.45) is 0. The lowest BCUT2D eigenvalue weighted by atomic mass is 9.98. The van der Waals surface area contributed by atoms with Gasteiger partial charge < -0.3 is 13.6 Å². The third-order valence-corrected chi connectivity index (χ3v) is 13.9. The van der Waals surface area contributed by atoms with E-state index in [-0.39, 0.29) is 0 Å². The first-order valence-electron chi connectivity index (χ1n) is 23.7. The lowest BCUT2D eigenvalue weighted by Gasteiger charge is -2.15. The highest BCUT2D eigenvalue weighted by molar-refractivity contribution is 6.26. The van der Waals surface area contributed by atoms with E-state index in [1.165, 1.54) is 0 Å². The predicted octanol–water partition coefficient (Wildman–Crippen LogP) is 16.2. The summed E-state index contributed by atoms with van der Waals surface area (Å²) >= 11 is 0. The van der Waals surface area contributed by atoms with Crippen molar-refractivity contribution in [2.75, 3.05) is 0 Å². The molecule has 0 bridgehead atoms. The Balaban J connectivity index is 1.00. The van der Waals surface area contributed by atoms with Crippen molar-refractivity contribution in [3.63, 3.8) is 0 Å². The average Bonchev–Trinajstić information content (AvgIpc) is 4.11. The molecular weight excluding hydrogens is 869 g/mol. The van der Waals surface area contributed by atoms with E-state index in [1.54, 1.807) is 0 Å². The number of para-hydroxylation sites is 4. The molecule has 4 heterocycles. The molecule has 0 unspecified atom stereocenters. The summed E-state index contributed by atoms with van der Waals surface area (Å²) in [6, 6.07) is 81.8. The summed E-state index contributed by atoms with van der Waals surface area (Å²) < 4.78 is 11.2. The number of rotatable bonds is 7. The second-order valence-corrected chi connectivity index (χ2v) is 17.8. The Morgan fingerprint density at radius 1 is 0.366 bits per heavy atom. The zero-order valence-electron chi connectivity index (χ0n) is 38.0. The molecule has 14 rings (SSSR count). The summed E-state index contributed by atoms with van der Waals surface area (Å²) in [5.74, 6) is 1.54. The van der Waals surface area contributed by atoms with Crippen molar-refractivity contribution in [1.29, 1.82) is 5.26 Å². The summed E-state index contributed by atoms with van der Waals surface area (Å²) in [7, 11) is 0. The normalized spacial score (nSPS) is 11.6. The van der Waals surface area contributed by atoms with Gasteiger partial charge in [-0.05, 0) is 70.8 Å². The van der Waals surface area contributed by atoms with Crippen LogP contribution in [0, 0.1) is 11.3 Å². The van der Waals surface area contributed by atoms with Gasteiger partial charge in [0.2, 0.25) is 0 Å². The van der Waals surface area contributed by atoms with E-state index in [0.29, 0.717) is 28.6 Å². The van der Waals surface area contributed by atoms with Crippen LogP contribution in [-0.2, 0) is 0 Å². The van der Waals surface area contributed by atoms with E-state index in [9.17, 15) is 5.26 Å². The van der Waals surface area contributed by atoms with Crippen LogP contribution in [0.25, 0.3) is 133 Å². The number of fused-ring (bicyclic) bond motifs is 10. The van der Waals surface area contributed by atoms with Gasteiger partial charge >= 0.3 is 0 Å². The van der Waals surface area contributed by atoms with Gasteiger partial charge in [-0.15, -0.1) is 0 Å². The van der Waals surface area contributed by atoms with Gasteiger partial charge in [-0.25, -0.2) is 15.0 Å². The highest BCUT2D eigenvalue weighted by Gasteiger charge is 2.25. The fourth-order valence-electron chi connectivity index (χ4n) is 10.7. The van der Waals surface area contributed by atoms with Gasteiger partial charge in [0.05, 0.1) is 39.0 Å². The fraction of sp³-hybridized carbons (Fsp3) is 0. The van der Waals surface area contributed by atoms with E-state index in [0.717, 1.165) is 110 Å². The zero-order chi connectivity index (χ0) is 47.0. The van der Waals surface area contributed by atoms with Crippen LogP contribution < -0.4 is 0 Å². The molecule has 0 atom stereocenters. The number of benzene rings is 10. The lowest BCUT2D eigenvalue weighted by Crippen LogP contribution is -2.03. The van der Waals surface area contributed by atoms with Crippen molar-refractivity contribution in [1.82, 2.24) is 24.1 Å². The molecule has 0 fully saturated rings. The van der Waals surface area contributed by atoms with Crippen LogP contribution in [0.15, 0.2) is 235 Å². The van der Waals surface area contributed by atoms with Crippen LogP contribution in [0.4, 0.5) is 0 Å². The molecule has 0 saturated carbocycles. The second kappa shape index (κ2) is 16.1. The number of aromatic nitrogens is 5. The zero-order valence-corrected chi connectivity index (χ0v) is 38.0. The molecule has 71 heavy (non-hydrogen) atoms. The Bertz CT molecular complexity index is 4380. The smallest absolute Gasteiger partial charge is 0.164 e. The highest BCUT2D eigenvalue weighted by atomic mass is 16.3. The predicted molar refractivity (Wildman–Crippen MR) is 288 cm³/mol. The molecule has 0 spiro atoms. The molecular formula is C64H38N6O. The Labute approximate surface area is 407 Å². The van der Waals surface area contributed by atoms with Gasteiger partial charge in [0.15, 0.2) is 23.1 Å². The molecule has 0 aliphatic heterocycles. The summed E-state index contributed by atoms with van der Waals surface area (Å²) in [6.45, 7) is 0. The van der Waals surface area contributed by atoms with Crippen molar-refractivity contribution in [3.8, 4) is 73.9 Å². The third kappa shape index (κ3) is 6.32. The lowest BCUT2D eigenvalue weighted by molar-refractivity contribution is 0.666. The molecule has 0 saturated heterocycles. The Morgan fingerprint density at radius 2 is 0.915 bits per heavy atom. The van der Waals surface area contributed by atoms with E-state index in [2.05, 4.69) is 155 Å². The second-order valence-electron chi connectivity index (χ2n) is 17.8. The monoisotopic (exact) mass is 906 g/mol. The van der Waals surface area contributed by atoms with Gasteiger partial charge in [-0.2, -0.15) is 5.26 Å². The maximum absolute atomic E-state index is 11.3. The minimum atomic E-state index is 0.464. The van der Waals surface area contributed by atoms with Crippen molar-refractivity contribution < 1.29 is 4.42 Å². The Morgan fingerprint density at radius 3 is 1.59 bits per heavy atom. The number of furan rings is 1. The molecule has 0 radical (unpaired) electrons. The number of hydrogen-bond donors (Lipinski definition) is 0. The number of nitriles is 1. The van der Waals surface area contributed by atoms with Crippen LogP contribution in [0.3, 0.4) is 0 Å². The van der Waals surface area contributed by atoms with E-state index in [1.807, 2.05) is 91.0 Å². The molecule has 4 aromatic heterocycles. The van der Waals surface area contributed by atoms with Crippen molar-refractivity contribution in [2.45, 2.75) is 0 Å². The van der Waals surface area contributed by atoms with Crippen LogP contribution in [0.1, 0.15) is 5.56 Å². The third-order valence-electron chi connectivity index (χ3n) is 13.9. The summed E-state index contributed by atoms with van der Waals surface area (Å²) in [5, 5.41) is 17.8. The van der Waals surface area contributed by atoms with Gasteiger partial charge in [0.25, 0.3) is 0 Å². The Hall–Kier alpha value is -9.90. The first-order valence-corrected chi connectivity index (χ1v) is 23.7. The summed E-state index contributed by atoms with van der Waals surface area (Å²) in [5.41, 5.74) is 14.6. The van der Waals surface area contributed by atoms with Crippen molar-refractivity contribution in [3.05, 3.63) is 236 Å². The molecule has 0 amide bonds. The largest absolute Gasteiger partial charge is 0.454 e. The van der Waals surface area contributed by atoms with Crippen LogP contribution in [-0.4, -0.2) is 24.1 Å². The molecule has 330 valence electrons. The Kier molecular flexibility index (Phi) is 9.13. The van der Waals surface area contributed by atoms with Gasteiger partial charge in [-0.3, -0.25) is 0 Å². The van der Waals surface area contributed by atoms with Crippen LogP contribution >= 0.6 is 0 Å². The highest BCUT2D eigenvalue weighted by Crippen LogP contribution is 2.45. The molecule has 0 N–H and O–H groups in total. The summed E-state index contributed by atoms with van der Waals surface area (Å²) in [4.78, 5) is 15.7. The SMILES string of the molecule is N#Cc1cc(-c2nc(-c3ccccc3-c3ccccc3)nc(-c3ccccc3-c3ccccc3)n2)ccc1-n1c2ccccc2c2ccc3c(c4ccccc4n3-c3cccc4c3oc3ccccc34)c21. The molecule has 0 aliphatic rings. The van der Waals surface area contributed by atoms with Crippen LogP contribution in [0.5, 0.6) is 0 Å². The maximum Gasteiger partial charge on any atom is 0.164 e. The minimum absolute atomic E-state index is 0.464. The molecule has 7 nitrogen and oxygen atoms in total. The van der Waals surface area contributed by atoms with Gasteiger partial charge in [0, 0.05) is 49.0 Å². The van der Waals surface area contributed by atoms with Crippen molar-refractivity contribution >= 4 is 65.6 Å². The topological polar surface area (TPSA) is 85.5 Å². The standard InChI is InChI=1S/C64H38N6O/c65-39-43-38-42(62-66-63(50-26-9-7-22-44(50)40-18-3-1-4-19-40)68-64(67-62)51-27-10-8-23-45(51)41-20-5-2-6-21-41)34-36-53(43)70-54-30-14-11-24-46(54)48-35-37-56-59(60(48)70)52-28-12-15-31-55(52)69(56)57-32-17-29-49-47-25-13-16-33-58(47)71-61(49)57/h1-38H. The van der Waals surface area contributed by atoms with E-state index in [4.69, 9.17) is 19.4 Å². The van der Waals surface area contributed by atoms with E-state index < -0.39 is 0 Å². The fourth-order valence-corrected chi connectivity index (χ4v) is 10.7. The first-order chi connectivity index (χ1) is 35.2. The quantitative estimate of drug-likeness (QED) is 0.159. The molecule has 0 aliphatic carbocycles. The first kappa shape index (κ1) is 40.2. The number of hydrogen-bond acceptors (Lipinski definition) is 5. The average molecular weight is 907 g/mol. The molecule has 7 heteroatoms. The van der Waals surface area contributed by atoms with Crippen LogP contribution in [0.2, 0.25) is 0 Å². The minimum Gasteiger partial charge on any atom is -0.454 e. The van der Waals surface area contributed by atoms with Crippen molar-refractivity contribution in [2.24, 2.45) is 0 Å². The molecule has 10 aromatic carbocycles. The number of nitrogens with zero attached hydrogens (tertiary/aromatic N) is 6. The molecule has 14 aromatic rings.